The van der Waals surface area contributed by atoms with Crippen molar-refractivity contribution < 1.29 is 4.79 Å². The summed E-state index contributed by atoms with van der Waals surface area (Å²) >= 11 is 0. The van der Waals surface area contributed by atoms with Crippen LogP contribution in [-0.4, -0.2) is 33.7 Å². The molecule has 2 heterocycles. The molecular formula is C12H20N4O. The SMILES string of the molecule is Cn1cc(CN2CCC(C)(C(N)=O)CC2)cn1. The lowest BCUT2D eigenvalue weighted by Gasteiger charge is -2.36. The summed E-state index contributed by atoms with van der Waals surface area (Å²) in [7, 11) is 1.92. The number of hydrogen-bond donors (Lipinski definition) is 1. The number of amides is 1. The van der Waals surface area contributed by atoms with Crippen LogP contribution in [0.4, 0.5) is 0 Å². The summed E-state index contributed by atoms with van der Waals surface area (Å²) in [6.45, 7) is 4.72. The monoisotopic (exact) mass is 236 g/mol. The van der Waals surface area contributed by atoms with E-state index in [1.807, 2.05) is 31.0 Å². The van der Waals surface area contributed by atoms with Crippen molar-refractivity contribution in [3.8, 4) is 0 Å². The lowest BCUT2D eigenvalue weighted by molar-refractivity contribution is -0.129. The van der Waals surface area contributed by atoms with Crippen LogP contribution >= 0.6 is 0 Å². The zero-order valence-electron chi connectivity index (χ0n) is 10.5. The number of aryl methyl sites for hydroxylation is 1. The summed E-state index contributed by atoms with van der Waals surface area (Å²) in [4.78, 5) is 13.7. The molecule has 1 fully saturated rings. The Kier molecular flexibility index (Phi) is 3.19. The zero-order valence-corrected chi connectivity index (χ0v) is 10.5. The van der Waals surface area contributed by atoms with Crippen LogP contribution in [0.1, 0.15) is 25.3 Å². The molecule has 17 heavy (non-hydrogen) atoms. The van der Waals surface area contributed by atoms with Crippen LogP contribution < -0.4 is 5.73 Å². The first kappa shape index (κ1) is 12.1. The highest BCUT2D eigenvalue weighted by Gasteiger charge is 2.35. The fraction of sp³-hybridized carbons (Fsp3) is 0.667. The Morgan fingerprint density at radius 2 is 2.18 bits per heavy atom. The molecule has 0 bridgehead atoms. The number of carbonyl (C=O) groups excluding carboxylic acids is 1. The highest BCUT2D eigenvalue weighted by atomic mass is 16.1. The van der Waals surface area contributed by atoms with Gasteiger partial charge in [0.2, 0.25) is 5.91 Å². The summed E-state index contributed by atoms with van der Waals surface area (Å²) in [6, 6.07) is 0. The van der Waals surface area contributed by atoms with Crippen LogP contribution in [0.25, 0.3) is 0 Å². The number of likely N-dealkylation sites (tertiary alicyclic amines) is 1. The van der Waals surface area contributed by atoms with Crippen molar-refractivity contribution in [3.05, 3.63) is 18.0 Å². The minimum Gasteiger partial charge on any atom is -0.369 e. The summed E-state index contributed by atoms with van der Waals surface area (Å²) in [6.07, 6.45) is 5.62. The number of piperidine rings is 1. The number of primary amides is 1. The molecule has 5 heteroatoms. The molecule has 0 aliphatic carbocycles. The fourth-order valence-electron chi connectivity index (χ4n) is 2.26. The van der Waals surface area contributed by atoms with E-state index in [2.05, 4.69) is 10.00 Å². The predicted octanol–water partition coefficient (Wildman–Crippen LogP) is 0.508. The molecule has 0 atom stereocenters. The van der Waals surface area contributed by atoms with E-state index in [4.69, 9.17) is 5.73 Å². The lowest BCUT2D eigenvalue weighted by Crippen LogP contribution is -2.45. The van der Waals surface area contributed by atoms with Gasteiger partial charge >= 0.3 is 0 Å². The van der Waals surface area contributed by atoms with Crippen molar-refractivity contribution >= 4 is 5.91 Å². The van der Waals surface area contributed by atoms with Crippen LogP contribution in [-0.2, 0) is 18.4 Å². The maximum Gasteiger partial charge on any atom is 0.223 e. The average molecular weight is 236 g/mol. The van der Waals surface area contributed by atoms with Crippen LogP contribution in [0.5, 0.6) is 0 Å². The number of carbonyl (C=O) groups is 1. The van der Waals surface area contributed by atoms with Crippen molar-refractivity contribution in [2.75, 3.05) is 13.1 Å². The molecule has 94 valence electrons. The molecule has 1 aromatic heterocycles. The topological polar surface area (TPSA) is 64.2 Å². The Morgan fingerprint density at radius 3 is 2.65 bits per heavy atom. The molecule has 5 nitrogen and oxygen atoms in total. The van der Waals surface area contributed by atoms with E-state index < -0.39 is 0 Å². The normalized spacial score (nSPS) is 20.4. The summed E-state index contributed by atoms with van der Waals surface area (Å²) in [5, 5.41) is 4.15. The molecule has 0 saturated carbocycles. The van der Waals surface area contributed by atoms with Crippen molar-refractivity contribution in [1.82, 2.24) is 14.7 Å². The predicted molar refractivity (Wildman–Crippen MR) is 65.0 cm³/mol. The molecule has 1 aliphatic rings. The zero-order chi connectivity index (χ0) is 12.5. The van der Waals surface area contributed by atoms with Gasteiger partial charge in [-0.05, 0) is 25.9 Å². The van der Waals surface area contributed by atoms with Gasteiger partial charge in [0.1, 0.15) is 0 Å². The molecule has 1 amide bonds. The van der Waals surface area contributed by atoms with Gasteiger partial charge in [0.25, 0.3) is 0 Å². The third-order valence-electron chi connectivity index (χ3n) is 3.72. The molecular weight excluding hydrogens is 216 g/mol. The van der Waals surface area contributed by atoms with Crippen molar-refractivity contribution in [2.24, 2.45) is 18.2 Å². The van der Waals surface area contributed by atoms with Gasteiger partial charge in [0, 0.05) is 30.8 Å². The number of nitrogens with zero attached hydrogens (tertiary/aromatic N) is 3. The van der Waals surface area contributed by atoms with Crippen molar-refractivity contribution in [3.63, 3.8) is 0 Å². The van der Waals surface area contributed by atoms with Gasteiger partial charge in [-0.2, -0.15) is 5.10 Å². The summed E-state index contributed by atoms with van der Waals surface area (Å²) in [5.74, 6) is -0.168. The highest BCUT2D eigenvalue weighted by molar-refractivity contribution is 5.80. The van der Waals surface area contributed by atoms with E-state index in [1.54, 1.807) is 0 Å². The van der Waals surface area contributed by atoms with E-state index in [9.17, 15) is 4.79 Å². The first-order valence-electron chi connectivity index (χ1n) is 5.99. The molecule has 1 saturated heterocycles. The highest BCUT2D eigenvalue weighted by Crippen LogP contribution is 2.30. The number of rotatable bonds is 3. The smallest absolute Gasteiger partial charge is 0.223 e. The third kappa shape index (κ3) is 2.66. The Balaban J connectivity index is 1.89. The molecule has 0 aromatic carbocycles. The van der Waals surface area contributed by atoms with Crippen LogP contribution in [0.2, 0.25) is 0 Å². The second-order valence-electron chi connectivity index (χ2n) is 5.22. The minimum atomic E-state index is -0.314. The van der Waals surface area contributed by atoms with Crippen molar-refractivity contribution in [2.45, 2.75) is 26.3 Å². The first-order chi connectivity index (χ1) is 7.99. The molecule has 1 aromatic rings. The first-order valence-corrected chi connectivity index (χ1v) is 5.99. The Labute approximate surface area is 102 Å². The molecule has 1 aliphatic heterocycles. The van der Waals surface area contributed by atoms with Crippen LogP contribution in [0.3, 0.4) is 0 Å². The summed E-state index contributed by atoms with van der Waals surface area (Å²) < 4.78 is 1.81. The van der Waals surface area contributed by atoms with Gasteiger partial charge in [-0.15, -0.1) is 0 Å². The number of nitrogens with two attached hydrogens (primary N) is 1. The molecule has 0 radical (unpaired) electrons. The second-order valence-corrected chi connectivity index (χ2v) is 5.22. The van der Waals surface area contributed by atoms with E-state index in [-0.39, 0.29) is 11.3 Å². The molecule has 0 spiro atoms. The van der Waals surface area contributed by atoms with E-state index in [1.165, 1.54) is 5.56 Å². The fourth-order valence-corrected chi connectivity index (χ4v) is 2.26. The Morgan fingerprint density at radius 1 is 1.53 bits per heavy atom. The Hall–Kier alpha value is -1.36. The number of hydrogen-bond acceptors (Lipinski definition) is 3. The Bertz CT molecular complexity index is 404. The number of aromatic nitrogens is 2. The van der Waals surface area contributed by atoms with Gasteiger partial charge in [0.05, 0.1) is 6.20 Å². The van der Waals surface area contributed by atoms with Crippen LogP contribution in [0.15, 0.2) is 12.4 Å². The quantitative estimate of drug-likeness (QED) is 0.831. The second kappa shape index (κ2) is 4.49. The lowest BCUT2D eigenvalue weighted by atomic mass is 9.80. The molecule has 2 rings (SSSR count). The van der Waals surface area contributed by atoms with E-state index in [0.717, 1.165) is 32.5 Å². The van der Waals surface area contributed by atoms with Gasteiger partial charge in [-0.1, -0.05) is 6.92 Å². The maximum absolute atomic E-state index is 11.3. The van der Waals surface area contributed by atoms with Gasteiger partial charge in [-0.3, -0.25) is 14.4 Å². The molecule has 2 N–H and O–H groups in total. The standard InChI is InChI=1S/C12H20N4O/c1-12(11(13)17)3-5-16(6-4-12)9-10-7-14-15(2)8-10/h7-8H,3-6,9H2,1-2H3,(H2,13,17). The van der Waals surface area contributed by atoms with Crippen LogP contribution in [0, 0.1) is 5.41 Å². The van der Waals surface area contributed by atoms with Gasteiger partial charge in [0.15, 0.2) is 0 Å². The van der Waals surface area contributed by atoms with Crippen molar-refractivity contribution in [1.29, 1.82) is 0 Å². The van der Waals surface area contributed by atoms with E-state index >= 15 is 0 Å². The largest absolute Gasteiger partial charge is 0.369 e. The maximum atomic E-state index is 11.3. The third-order valence-corrected chi connectivity index (χ3v) is 3.72. The minimum absolute atomic E-state index is 0.168. The average Bonchev–Trinajstić information content (AvgIpc) is 2.67. The molecule has 0 unspecified atom stereocenters. The summed E-state index contributed by atoms with van der Waals surface area (Å²) in [5.41, 5.74) is 6.34. The van der Waals surface area contributed by atoms with E-state index in [0.29, 0.717) is 0 Å². The van der Waals surface area contributed by atoms with Gasteiger partial charge < -0.3 is 5.73 Å². The van der Waals surface area contributed by atoms with Gasteiger partial charge in [-0.25, -0.2) is 0 Å².